The van der Waals surface area contributed by atoms with Crippen molar-refractivity contribution in [1.29, 1.82) is 0 Å². The maximum Gasteiger partial charge on any atom is 0.249 e. The van der Waals surface area contributed by atoms with Crippen LogP contribution in [0.2, 0.25) is 0 Å². The van der Waals surface area contributed by atoms with Gasteiger partial charge in [-0.3, -0.25) is 9.69 Å². The van der Waals surface area contributed by atoms with Crippen molar-refractivity contribution in [3.05, 3.63) is 21.9 Å². The molecule has 0 aliphatic rings. The summed E-state index contributed by atoms with van der Waals surface area (Å²) in [6.07, 6.45) is -0.499. The Kier molecular flexibility index (Phi) is 5.57. The van der Waals surface area contributed by atoms with Gasteiger partial charge in [0.05, 0.1) is 18.3 Å². The first-order valence-electron chi connectivity index (χ1n) is 5.25. The first-order valence-corrected chi connectivity index (χ1v) is 6.13. The molecular weight excluding hydrogens is 240 g/mol. The quantitative estimate of drug-likeness (QED) is 0.737. The smallest absolute Gasteiger partial charge is 0.249 e. The molecule has 6 heteroatoms. The second-order valence-electron chi connectivity index (χ2n) is 3.97. The van der Waals surface area contributed by atoms with Crippen LogP contribution < -0.4 is 5.73 Å². The van der Waals surface area contributed by atoms with Crippen molar-refractivity contribution in [2.24, 2.45) is 5.73 Å². The Morgan fingerprint density at radius 3 is 2.94 bits per heavy atom. The van der Waals surface area contributed by atoms with Crippen LogP contribution in [0.4, 0.5) is 0 Å². The van der Waals surface area contributed by atoms with Gasteiger partial charge in [0.1, 0.15) is 0 Å². The van der Waals surface area contributed by atoms with E-state index in [4.69, 9.17) is 10.5 Å². The van der Waals surface area contributed by atoms with Crippen molar-refractivity contribution < 1.29 is 14.6 Å². The molecule has 1 heterocycles. The van der Waals surface area contributed by atoms with Gasteiger partial charge in [0, 0.05) is 30.5 Å². The van der Waals surface area contributed by atoms with Crippen molar-refractivity contribution in [1.82, 2.24) is 4.90 Å². The van der Waals surface area contributed by atoms with E-state index in [9.17, 15) is 9.90 Å². The van der Waals surface area contributed by atoms with Gasteiger partial charge in [-0.25, -0.2) is 0 Å². The highest BCUT2D eigenvalue weighted by atomic mass is 32.1. The van der Waals surface area contributed by atoms with Crippen LogP contribution in [-0.2, 0) is 11.3 Å². The lowest BCUT2D eigenvalue weighted by Gasteiger charge is -2.19. The second-order valence-corrected chi connectivity index (χ2v) is 4.97. The van der Waals surface area contributed by atoms with E-state index in [1.165, 1.54) is 11.3 Å². The molecule has 0 bridgehead atoms. The van der Waals surface area contributed by atoms with Crippen LogP contribution >= 0.6 is 11.3 Å². The van der Waals surface area contributed by atoms with Crippen LogP contribution in [-0.4, -0.2) is 49.3 Å². The molecule has 0 saturated carbocycles. The number of carbonyl (C=O) groups excluding carboxylic acids is 1. The molecule has 0 aromatic carbocycles. The van der Waals surface area contributed by atoms with E-state index in [1.54, 1.807) is 18.6 Å². The highest BCUT2D eigenvalue weighted by Gasteiger charge is 2.10. The minimum atomic E-state index is -0.499. The Morgan fingerprint density at radius 1 is 1.71 bits per heavy atom. The largest absolute Gasteiger partial charge is 0.389 e. The molecule has 17 heavy (non-hydrogen) atoms. The average Bonchev–Trinajstić information content (AvgIpc) is 2.66. The third-order valence-corrected chi connectivity index (χ3v) is 3.17. The number of aliphatic hydroxyl groups is 1. The Balaban J connectivity index is 2.44. The predicted octanol–water partition coefficient (Wildman–Crippen LogP) is 0.286. The zero-order valence-corrected chi connectivity index (χ0v) is 10.9. The number of thiophene rings is 1. The summed E-state index contributed by atoms with van der Waals surface area (Å²) in [6.45, 7) is 1.53. The zero-order chi connectivity index (χ0) is 12.8. The van der Waals surface area contributed by atoms with Crippen molar-refractivity contribution in [2.45, 2.75) is 12.6 Å². The number of ether oxygens (including phenoxy) is 1. The van der Waals surface area contributed by atoms with Crippen LogP contribution in [0.5, 0.6) is 0 Å². The van der Waals surface area contributed by atoms with Gasteiger partial charge in [0.25, 0.3) is 0 Å². The number of amides is 1. The predicted molar refractivity (Wildman–Crippen MR) is 67.1 cm³/mol. The molecule has 1 rings (SSSR count). The lowest BCUT2D eigenvalue weighted by Crippen LogP contribution is -2.31. The number of nitrogens with zero attached hydrogens (tertiary/aromatic N) is 1. The van der Waals surface area contributed by atoms with E-state index in [0.717, 1.165) is 4.88 Å². The van der Waals surface area contributed by atoms with Gasteiger partial charge < -0.3 is 15.6 Å². The molecule has 0 aliphatic carbocycles. The SMILES string of the molecule is COCC(O)CN(C)Cc1cc(C(N)=O)cs1. The molecule has 0 saturated heterocycles. The Bertz CT molecular complexity index is 367. The summed E-state index contributed by atoms with van der Waals surface area (Å²) < 4.78 is 4.86. The fourth-order valence-electron chi connectivity index (χ4n) is 1.53. The summed E-state index contributed by atoms with van der Waals surface area (Å²) >= 11 is 1.49. The van der Waals surface area contributed by atoms with E-state index in [1.807, 2.05) is 11.9 Å². The van der Waals surface area contributed by atoms with Crippen molar-refractivity contribution in [3.8, 4) is 0 Å². The van der Waals surface area contributed by atoms with E-state index in [0.29, 0.717) is 25.3 Å². The van der Waals surface area contributed by atoms with Gasteiger partial charge in [-0.2, -0.15) is 0 Å². The number of aliphatic hydroxyl groups excluding tert-OH is 1. The van der Waals surface area contributed by atoms with Crippen molar-refractivity contribution in [3.63, 3.8) is 0 Å². The number of nitrogens with two attached hydrogens (primary N) is 1. The fraction of sp³-hybridized carbons (Fsp3) is 0.545. The number of carbonyl (C=O) groups is 1. The van der Waals surface area contributed by atoms with Gasteiger partial charge in [-0.05, 0) is 13.1 Å². The summed E-state index contributed by atoms with van der Waals surface area (Å²) in [5.41, 5.74) is 5.71. The van der Waals surface area contributed by atoms with Crippen LogP contribution in [0.1, 0.15) is 15.2 Å². The molecule has 5 nitrogen and oxygen atoms in total. The molecule has 0 radical (unpaired) electrons. The van der Waals surface area contributed by atoms with Gasteiger partial charge in [-0.15, -0.1) is 11.3 Å². The Labute approximate surface area is 105 Å². The molecule has 3 N–H and O–H groups in total. The standard InChI is InChI=1S/C11H18N2O3S/c1-13(4-9(14)6-16-2)5-10-3-8(7-17-10)11(12)15/h3,7,9,14H,4-6H2,1-2H3,(H2,12,15). The van der Waals surface area contributed by atoms with Crippen LogP contribution in [0.15, 0.2) is 11.4 Å². The third kappa shape index (κ3) is 4.82. The van der Waals surface area contributed by atoms with Crippen molar-refractivity contribution in [2.75, 3.05) is 27.3 Å². The summed E-state index contributed by atoms with van der Waals surface area (Å²) in [4.78, 5) is 13.9. The minimum Gasteiger partial charge on any atom is -0.389 e. The first kappa shape index (κ1) is 14.1. The summed E-state index contributed by atoms with van der Waals surface area (Å²) in [5, 5.41) is 11.3. The summed E-state index contributed by atoms with van der Waals surface area (Å²) in [7, 11) is 3.46. The van der Waals surface area contributed by atoms with Crippen LogP contribution in [0.25, 0.3) is 0 Å². The number of hydrogen-bond acceptors (Lipinski definition) is 5. The van der Waals surface area contributed by atoms with E-state index >= 15 is 0 Å². The molecule has 96 valence electrons. The van der Waals surface area contributed by atoms with Crippen molar-refractivity contribution >= 4 is 17.2 Å². The number of methoxy groups -OCH3 is 1. The molecule has 1 unspecified atom stereocenters. The summed E-state index contributed by atoms with van der Waals surface area (Å²) in [5.74, 6) is -0.408. The number of likely N-dealkylation sites (N-methyl/N-ethyl adjacent to an activating group) is 1. The lowest BCUT2D eigenvalue weighted by molar-refractivity contribution is 0.0420. The molecule has 1 amide bonds. The first-order chi connectivity index (χ1) is 8.02. The average molecular weight is 258 g/mol. The molecule has 0 aliphatic heterocycles. The highest BCUT2D eigenvalue weighted by Crippen LogP contribution is 2.16. The van der Waals surface area contributed by atoms with E-state index in [2.05, 4.69) is 0 Å². The normalized spacial score (nSPS) is 12.9. The summed E-state index contributed by atoms with van der Waals surface area (Å²) in [6, 6.07) is 1.78. The molecule has 1 aromatic heterocycles. The van der Waals surface area contributed by atoms with E-state index in [-0.39, 0.29) is 0 Å². The Morgan fingerprint density at radius 2 is 2.41 bits per heavy atom. The minimum absolute atomic E-state index is 0.321. The van der Waals surface area contributed by atoms with E-state index < -0.39 is 12.0 Å². The molecule has 0 spiro atoms. The maximum absolute atomic E-state index is 10.9. The molecule has 1 aromatic rings. The lowest BCUT2D eigenvalue weighted by atomic mass is 10.3. The zero-order valence-electron chi connectivity index (χ0n) is 10.0. The van der Waals surface area contributed by atoms with Crippen LogP contribution in [0, 0.1) is 0 Å². The molecule has 0 fully saturated rings. The monoisotopic (exact) mass is 258 g/mol. The van der Waals surface area contributed by atoms with Gasteiger partial charge >= 0.3 is 0 Å². The third-order valence-electron chi connectivity index (χ3n) is 2.25. The molecule has 1 atom stereocenters. The van der Waals surface area contributed by atoms with Gasteiger partial charge in [-0.1, -0.05) is 0 Å². The fourth-order valence-corrected chi connectivity index (χ4v) is 2.48. The van der Waals surface area contributed by atoms with Crippen LogP contribution in [0.3, 0.4) is 0 Å². The topological polar surface area (TPSA) is 75.8 Å². The molecular formula is C11H18N2O3S. The van der Waals surface area contributed by atoms with Gasteiger partial charge in [0.15, 0.2) is 0 Å². The number of rotatable bonds is 7. The number of hydrogen-bond donors (Lipinski definition) is 2. The van der Waals surface area contributed by atoms with Gasteiger partial charge in [0.2, 0.25) is 5.91 Å². The maximum atomic E-state index is 10.9. The Hall–Kier alpha value is -0.950. The second kappa shape index (κ2) is 6.70. The number of primary amides is 1. The highest BCUT2D eigenvalue weighted by molar-refractivity contribution is 7.10.